The van der Waals surface area contributed by atoms with E-state index in [0.29, 0.717) is 5.56 Å². The van der Waals surface area contributed by atoms with Crippen LogP contribution >= 0.6 is 0 Å². The van der Waals surface area contributed by atoms with Gasteiger partial charge in [-0.3, -0.25) is 0 Å². The van der Waals surface area contributed by atoms with Crippen molar-refractivity contribution < 1.29 is 31.8 Å². The van der Waals surface area contributed by atoms with Crippen molar-refractivity contribution in [2.45, 2.75) is 444 Å². The molecule has 1 aromatic rings. The van der Waals surface area contributed by atoms with E-state index in [4.69, 9.17) is 9.90 Å². The summed E-state index contributed by atoms with van der Waals surface area (Å²) < 4.78 is 33.1. The zero-order valence-electron chi connectivity index (χ0n) is 64.1. The minimum Gasteiger partial charge on any atom is -0.748 e. The summed E-state index contributed by atoms with van der Waals surface area (Å²) in [4.78, 5) is 8.25. The van der Waals surface area contributed by atoms with Gasteiger partial charge in [-0.1, -0.05) is 429 Å². The Balaban J connectivity index is -0.00000142. The Hall–Kier alpha value is -1.48. The smallest absolute Gasteiger partial charge is 0.0988 e. The molecule has 0 saturated heterocycles. The predicted octanol–water partition coefficient (Wildman–Crippen LogP) is 26.3. The highest BCUT2D eigenvalue weighted by molar-refractivity contribution is 7.84. The molecule has 7 nitrogen and oxygen atoms in total. The van der Waals surface area contributed by atoms with Crippen LogP contribution in [0.1, 0.15) is 444 Å². The summed E-state index contributed by atoms with van der Waals surface area (Å²) >= 11 is 0. The molecule has 92 heavy (non-hydrogen) atoms. The molecule has 0 unspecified atom stereocenters. The summed E-state index contributed by atoms with van der Waals surface area (Å²) in [6, 6.07) is 8.37. The third-order valence-electron chi connectivity index (χ3n) is 20.1. The van der Waals surface area contributed by atoms with Crippen molar-refractivity contribution in [3.05, 3.63) is 35.9 Å². The van der Waals surface area contributed by atoms with Crippen molar-refractivity contribution in [3.63, 3.8) is 0 Å². The molecule has 1 aromatic carbocycles. The van der Waals surface area contributed by atoms with Gasteiger partial charge in [-0.15, -0.1) is 0 Å². The summed E-state index contributed by atoms with van der Waals surface area (Å²) in [6.45, 7) is 14.0. The number of benzene rings is 1. The molecule has 0 atom stereocenters. The first-order valence-electron chi connectivity index (χ1n) is 41.4. The predicted molar refractivity (Wildman–Crippen MR) is 408 cm³/mol. The Morgan fingerprint density at radius 3 is 0.554 bits per heavy atom. The fourth-order valence-electron chi connectivity index (χ4n) is 12.9. The van der Waals surface area contributed by atoms with Crippen LogP contribution in [0.2, 0.25) is 0 Å². The van der Waals surface area contributed by atoms with Gasteiger partial charge in [0.15, 0.2) is 0 Å². The molecule has 8 heteroatoms. The van der Waals surface area contributed by atoms with Gasteiger partial charge in [0.1, 0.15) is 0 Å². The molecule has 0 aliphatic carbocycles. The number of hydrogen-bond donors (Lipinski definition) is 0. The van der Waals surface area contributed by atoms with E-state index in [0.717, 1.165) is 0 Å². The summed E-state index contributed by atoms with van der Waals surface area (Å²) in [6.07, 6.45) is 94.7. The first-order chi connectivity index (χ1) is 44.7. The van der Waals surface area contributed by atoms with E-state index in [1.54, 1.807) is 30.3 Å². The fraction of sp³-hybridized carbons (Fsp3) is 0.917. The van der Waals surface area contributed by atoms with Gasteiger partial charge in [-0.05, 0) is 45.1 Å². The molecular formula is C84H168N2O5S. The topological polar surface area (TPSA) is 97.3 Å². The van der Waals surface area contributed by atoms with Gasteiger partial charge in [-0.2, -0.15) is 0 Å². The number of carbonyl (C=O) groups is 1. The van der Waals surface area contributed by atoms with E-state index >= 15 is 0 Å². The summed E-state index contributed by atoms with van der Waals surface area (Å²) in [5.74, 6) is -0.423. The number of nitrogens with zero attached hydrogens (tertiary/aromatic N) is 2. The number of hydrogen-bond acceptors (Lipinski definition) is 5. The Morgan fingerprint density at radius 2 is 0.424 bits per heavy atom. The molecular weight excluding hydrogens is 1150 g/mol. The van der Waals surface area contributed by atoms with E-state index in [1.807, 2.05) is 0 Å². The van der Waals surface area contributed by atoms with Crippen LogP contribution in [0.3, 0.4) is 0 Å². The molecule has 0 heterocycles. The lowest BCUT2D eigenvalue weighted by Gasteiger charge is -2.28. The van der Waals surface area contributed by atoms with Crippen LogP contribution in [0.15, 0.2) is 30.3 Å². The highest BCUT2D eigenvalue weighted by Crippen LogP contribution is 2.20. The lowest BCUT2D eigenvalue weighted by Crippen LogP contribution is -2.39. The highest BCUT2D eigenvalue weighted by atomic mass is 32.2. The normalized spacial score (nSPS) is 11.7. The first-order valence-corrected chi connectivity index (χ1v) is 43.0. The van der Waals surface area contributed by atoms with Crippen molar-refractivity contribution in [1.29, 1.82) is 0 Å². The van der Waals surface area contributed by atoms with Crippen LogP contribution in [0.5, 0.6) is 0 Å². The maximum atomic E-state index is 10.2. The Kier molecular flexibility index (Phi) is 80.8. The SMILES string of the molecule is CCCCCCCCCCCCCCCCCCCCCCCCCCCCCCCCCC[N+](C)(C)CC.CCCCCCCCCCCCCCCCCCCCCCCCCCCCCCCCCC[N+](C)(C)CC.O=C[O-].O=S(=O)([O-])Cc1ccccc1. The number of quaternary nitrogens is 2. The van der Waals surface area contributed by atoms with E-state index in [-0.39, 0.29) is 0 Å². The average Bonchev–Trinajstić information content (AvgIpc) is 3.11. The zero-order valence-corrected chi connectivity index (χ0v) is 64.9. The van der Waals surface area contributed by atoms with E-state index in [9.17, 15) is 13.0 Å². The molecule has 0 radical (unpaired) electrons. The highest BCUT2D eigenvalue weighted by Gasteiger charge is 2.11. The number of carbonyl (C=O) groups excluding carboxylic acids is 1. The second-order valence-corrected chi connectivity index (χ2v) is 31.6. The van der Waals surface area contributed by atoms with Gasteiger partial charge in [0.2, 0.25) is 0 Å². The second kappa shape index (κ2) is 78.5. The Labute approximate surface area is 579 Å². The maximum Gasteiger partial charge on any atom is 0.0988 e. The van der Waals surface area contributed by atoms with Gasteiger partial charge in [0, 0.05) is 6.47 Å². The van der Waals surface area contributed by atoms with Crippen molar-refractivity contribution >= 4 is 16.6 Å². The van der Waals surface area contributed by atoms with Crippen molar-refractivity contribution in [2.24, 2.45) is 0 Å². The molecule has 0 bridgehead atoms. The summed E-state index contributed by atoms with van der Waals surface area (Å²) in [5.41, 5.74) is 0.530. The van der Waals surface area contributed by atoms with E-state index in [1.165, 1.54) is 446 Å². The molecule has 0 aliphatic rings. The molecule has 0 aromatic heterocycles. The van der Waals surface area contributed by atoms with Crippen molar-refractivity contribution in [3.8, 4) is 0 Å². The van der Waals surface area contributed by atoms with Crippen LogP contribution in [-0.4, -0.2) is 82.8 Å². The van der Waals surface area contributed by atoms with Crippen molar-refractivity contribution in [1.82, 2.24) is 0 Å². The van der Waals surface area contributed by atoms with Crippen LogP contribution in [0, 0.1) is 0 Å². The number of carboxylic acid groups (broad SMARTS) is 1. The largest absolute Gasteiger partial charge is 0.748 e. The molecule has 0 spiro atoms. The van der Waals surface area contributed by atoms with Gasteiger partial charge in [0.25, 0.3) is 0 Å². The zero-order chi connectivity index (χ0) is 68.1. The van der Waals surface area contributed by atoms with Gasteiger partial charge in [0.05, 0.1) is 70.2 Å². The summed E-state index contributed by atoms with van der Waals surface area (Å²) in [5, 5.41) is 8.25. The number of unbranched alkanes of at least 4 members (excludes halogenated alkanes) is 62. The quantitative estimate of drug-likeness (QED) is 0.0280. The molecule has 0 amide bonds. The third kappa shape index (κ3) is 88.5. The van der Waals surface area contributed by atoms with Gasteiger partial charge in [-0.25, -0.2) is 8.42 Å². The second-order valence-electron chi connectivity index (χ2n) is 30.2. The van der Waals surface area contributed by atoms with Crippen LogP contribution in [0.4, 0.5) is 0 Å². The number of rotatable bonds is 70. The van der Waals surface area contributed by atoms with Gasteiger partial charge >= 0.3 is 0 Å². The third-order valence-corrected chi connectivity index (χ3v) is 20.8. The maximum absolute atomic E-state index is 10.2. The average molecular weight is 1320 g/mol. The molecule has 550 valence electrons. The van der Waals surface area contributed by atoms with E-state index < -0.39 is 22.3 Å². The molecule has 0 saturated carbocycles. The lowest BCUT2D eigenvalue weighted by atomic mass is 10.0. The van der Waals surface area contributed by atoms with Crippen LogP contribution in [0.25, 0.3) is 0 Å². The molecule has 0 aliphatic heterocycles. The minimum atomic E-state index is -4.13. The molecule has 0 fully saturated rings. The fourth-order valence-corrected chi connectivity index (χ4v) is 13.5. The van der Waals surface area contributed by atoms with Gasteiger partial charge < -0.3 is 23.4 Å². The van der Waals surface area contributed by atoms with Crippen LogP contribution < -0.4 is 5.11 Å². The first kappa shape index (κ1) is 94.7. The summed E-state index contributed by atoms with van der Waals surface area (Å²) in [7, 11) is 5.33. The van der Waals surface area contributed by atoms with Crippen LogP contribution in [-0.2, 0) is 20.7 Å². The monoisotopic (exact) mass is 1320 g/mol. The minimum absolute atomic E-state index is 0.423. The molecule has 1 rings (SSSR count). The lowest BCUT2D eigenvalue weighted by molar-refractivity contribution is -0.888. The standard InChI is InChI=1S/2C38H80N.C7H8O3S.CH2O2/c2*1-5-7-8-9-10-11-12-13-14-15-16-17-18-19-20-21-22-23-24-25-26-27-28-29-30-31-32-33-34-35-36-37-38-39(3,4)6-2;8-11(9,10)6-7-4-2-1-3-5-7;2-1-3/h2*5-38H2,1-4H3;1-5H,6H2,(H,8,9,10);1H,(H,2,3)/q2*+1;;/p-2. The Morgan fingerprint density at radius 1 is 0.283 bits per heavy atom. The van der Waals surface area contributed by atoms with Crippen molar-refractivity contribution in [2.75, 3.05) is 54.4 Å². The van der Waals surface area contributed by atoms with E-state index in [2.05, 4.69) is 55.9 Å². The molecule has 0 N–H and O–H groups in total. The Bertz CT molecular complexity index is 1530.